The maximum atomic E-state index is 11.7. The Morgan fingerprint density at radius 1 is 1.50 bits per heavy atom. The van der Waals surface area contributed by atoms with E-state index in [1.54, 1.807) is 16.7 Å². The van der Waals surface area contributed by atoms with Crippen molar-refractivity contribution in [3.05, 3.63) is 0 Å². The maximum Gasteiger partial charge on any atom is 0.244 e. The van der Waals surface area contributed by atoms with Crippen LogP contribution in [0.25, 0.3) is 0 Å². The van der Waals surface area contributed by atoms with Crippen molar-refractivity contribution in [3.8, 4) is 0 Å². The molecule has 0 unspecified atom stereocenters. The highest BCUT2D eigenvalue weighted by molar-refractivity contribution is 8.14. The van der Waals surface area contributed by atoms with E-state index < -0.39 is 0 Å². The van der Waals surface area contributed by atoms with Crippen LogP contribution >= 0.6 is 11.8 Å². The molecule has 1 rings (SSSR count). The Hall–Kier alpha value is -0.710. The van der Waals surface area contributed by atoms with E-state index in [1.165, 1.54) is 0 Å². The van der Waals surface area contributed by atoms with Gasteiger partial charge in [0, 0.05) is 24.4 Å². The molecule has 1 aliphatic rings. The van der Waals surface area contributed by atoms with E-state index in [4.69, 9.17) is 0 Å². The van der Waals surface area contributed by atoms with Gasteiger partial charge in [0.05, 0.1) is 0 Å². The van der Waals surface area contributed by atoms with Crippen LogP contribution in [0.15, 0.2) is 4.99 Å². The maximum absolute atomic E-state index is 11.7. The zero-order chi connectivity index (χ0) is 12.2. The third-order valence-electron chi connectivity index (χ3n) is 2.49. The molecule has 0 atom stereocenters. The first-order valence-corrected chi connectivity index (χ1v) is 6.70. The van der Waals surface area contributed by atoms with E-state index in [0.29, 0.717) is 0 Å². The predicted octanol–water partition coefficient (Wildman–Crippen LogP) is 1.33. The van der Waals surface area contributed by atoms with Gasteiger partial charge in [-0.15, -0.1) is 0 Å². The van der Waals surface area contributed by atoms with Crippen LogP contribution in [0.4, 0.5) is 0 Å². The molecule has 1 aliphatic heterocycles. The Balaban J connectivity index is 2.45. The molecule has 1 saturated heterocycles. The first kappa shape index (κ1) is 13.4. The molecule has 0 spiro atoms. The van der Waals surface area contributed by atoms with E-state index in [0.717, 1.165) is 24.0 Å². The average Bonchev–Trinajstić information content (AvgIpc) is 2.57. The highest BCUT2D eigenvalue weighted by Crippen LogP contribution is 2.21. The topological polar surface area (TPSA) is 44.7 Å². The normalized spacial score (nSPS) is 20.9. The van der Waals surface area contributed by atoms with Crippen molar-refractivity contribution < 1.29 is 4.79 Å². The molecule has 4 nitrogen and oxygen atoms in total. The first-order chi connectivity index (χ1) is 7.48. The molecule has 1 N–H and O–H groups in total. The summed E-state index contributed by atoms with van der Waals surface area (Å²) < 4.78 is 0. The average molecular weight is 243 g/mol. The van der Waals surface area contributed by atoms with Crippen LogP contribution in [0.1, 0.15) is 27.7 Å². The van der Waals surface area contributed by atoms with Gasteiger partial charge in [-0.05, 0) is 27.7 Å². The standard InChI is InChI=1S/C11H21N3OS/c1-5-14(6-2)9(15)7-12-10-13-11(3,4)8-16-10/h5-8H2,1-4H3,(H,12,13). The highest BCUT2D eigenvalue weighted by Gasteiger charge is 2.27. The lowest BCUT2D eigenvalue weighted by Gasteiger charge is -2.18. The summed E-state index contributed by atoms with van der Waals surface area (Å²) in [4.78, 5) is 17.8. The minimum Gasteiger partial charge on any atom is -0.359 e. The number of likely N-dealkylation sites (N-methyl/N-ethyl adjacent to an activating group) is 1. The Bertz CT molecular complexity index is 285. The van der Waals surface area contributed by atoms with Gasteiger partial charge in [0.2, 0.25) is 5.91 Å². The fraction of sp³-hybridized carbons (Fsp3) is 0.818. The second-order valence-corrected chi connectivity index (χ2v) is 5.45. The number of rotatable bonds is 4. The molecule has 0 aromatic rings. The van der Waals surface area contributed by atoms with Crippen LogP contribution in [-0.4, -0.2) is 46.9 Å². The second-order valence-electron chi connectivity index (χ2n) is 4.48. The smallest absolute Gasteiger partial charge is 0.244 e. The predicted molar refractivity (Wildman–Crippen MR) is 69.9 cm³/mol. The monoisotopic (exact) mass is 243 g/mol. The molecule has 5 heteroatoms. The third-order valence-corrected chi connectivity index (χ3v) is 3.86. The molecular weight excluding hydrogens is 222 g/mol. The molecule has 16 heavy (non-hydrogen) atoms. The summed E-state index contributed by atoms with van der Waals surface area (Å²) in [6.45, 7) is 10.0. The van der Waals surface area contributed by atoms with Gasteiger partial charge in [-0.25, -0.2) is 0 Å². The van der Waals surface area contributed by atoms with Crippen molar-refractivity contribution in [1.29, 1.82) is 0 Å². The molecule has 0 aromatic carbocycles. The third kappa shape index (κ3) is 3.70. The zero-order valence-electron chi connectivity index (χ0n) is 10.5. The van der Waals surface area contributed by atoms with Gasteiger partial charge < -0.3 is 10.2 Å². The Morgan fingerprint density at radius 3 is 2.56 bits per heavy atom. The molecule has 1 fully saturated rings. The summed E-state index contributed by atoms with van der Waals surface area (Å²) in [5.74, 6) is 1.11. The molecule has 1 amide bonds. The number of thioether (sulfide) groups is 1. The summed E-state index contributed by atoms with van der Waals surface area (Å²) >= 11 is 1.69. The van der Waals surface area contributed by atoms with Crippen molar-refractivity contribution in [1.82, 2.24) is 10.2 Å². The van der Waals surface area contributed by atoms with Crippen molar-refractivity contribution in [2.75, 3.05) is 25.4 Å². The number of aliphatic imine (C=N–C) groups is 1. The van der Waals surface area contributed by atoms with Crippen LogP contribution in [0.5, 0.6) is 0 Å². The summed E-state index contributed by atoms with van der Waals surface area (Å²) in [6, 6.07) is 0. The summed E-state index contributed by atoms with van der Waals surface area (Å²) in [5.41, 5.74) is 0.0990. The number of carbonyl (C=O) groups is 1. The van der Waals surface area contributed by atoms with Gasteiger partial charge in [0.15, 0.2) is 5.17 Å². The van der Waals surface area contributed by atoms with Gasteiger partial charge in [-0.2, -0.15) is 0 Å². The van der Waals surface area contributed by atoms with Crippen molar-refractivity contribution in [2.45, 2.75) is 33.2 Å². The minimum absolute atomic E-state index is 0.0990. The van der Waals surface area contributed by atoms with Gasteiger partial charge in [0.25, 0.3) is 0 Å². The first-order valence-electron chi connectivity index (χ1n) is 5.71. The number of hydrogen-bond acceptors (Lipinski definition) is 3. The van der Waals surface area contributed by atoms with Gasteiger partial charge in [0.1, 0.15) is 6.54 Å². The Kier molecular flexibility index (Phi) is 4.65. The van der Waals surface area contributed by atoms with E-state index in [9.17, 15) is 4.79 Å². The van der Waals surface area contributed by atoms with E-state index in [-0.39, 0.29) is 18.0 Å². The quantitative estimate of drug-likeness (QED) is 0.810. The van der Waals surface area contributed by atoms with Crippen LogP contribution in [0, 0.1) is 0 Å². The SMILES string of the molecule is CCN(CC)C(=O)CN=C1NC(C)(C)CS1. The fourth-order valence-corrected chi connectivity index (χ4v) is 2.59. The number of amidine groups is 1. The largest absolute Gasteiger partial charge is 0.359 e. The summed E-state index contributed by atoms with van der Waals surface area (Å²) in [5, 5.41) is 4.20. The van der Waals surface area contributed by atoms with Gasteiger partial charge in [-0.1, -0.05) is 11.8 Å². The van der Waals surface area contributed by atoms with Crippen LogP contribution < -0.4 is 5.32 Å². The Morgan fingerprint density at radius 2 is 2.12 bits per heavy atom. The fourth-order valence-electron chi connectivity index (χ4n) is 1.51. The molecule has 0 radical (unpaired) electrons. The lowest BCUT2D eigenvalue weighted by molar-refractivity contribution is -0.129. The number of amides is 1. The van der Waals surface area contributed by atoms with Crippen molar-refractivity contribution >= 4 is 22.8 Å². The molecule has 1 heterocycles. The molecule has 0 aliphatic carbocycles. The van der Waals surface area contributed by atoms with E-state index >= 15 is 0 Å². The number of nitrogens with zero attached hydrogens (tertiary/aromatic N) is 2. The highest BCUT2D eigenvalue weighted by atomic mass is 32.2. The lowest BCUT2D eigenvalue weighted by Crippen LogP contribution is -2.37. The summed E-state index contributed by atoms with van der Waals surface area (Å²) in [6.07, 6.45) is 0. The van der Waals surface area contributed by atoms with E-state index in [1.807, 2.05) is 13.8 Å². The Labute approximate surface area is 102 Å². The van der Waals surface area contributed by atoms with Crippen molar-refractivity contribution in [3.63, 3.8) is 0 Å². The zero-order valence-corrected chi connectivity index (χ0v) is 11.4. The summed E-state index contributed by atoms with van der Waals surface area (Å²) in [7, 11) is 0. The second kappa shape index (κ2) is 5.57. The molecule has 92 valence electrons. The number of nitrogens with one attached hydrogen (secondary N) is 1. The number of carbonyl (C=O) groups excluding carboxylic acids is 1. The minimum atomic E-state index is 0.0990. The number of hydrogen-bond donors (Lipinski definition) is 1. The van der Waals surface area contributed by atoms with Crippen molar-refractivity contribution in [2.24, 2.45) is 4.99 Å². The van der Waals surface area contributed by atoms with Crippen LogP contribution in [0.3, 0.4) is 0 Å². The molecular formula is C11H21N3OS. The van der Waals surface area contributed by atoms with Gasteiger partial charge >= 0.3 is 0 Å². The van der Waals surface area contributed by atoms with Gasteiger partial charge in [-0.3, -0.25) is 9.79 Å². The van der Waals surface area contributed by atoms with E-state index in [2.05, 4.69) is 24.2 Å². The van der Waals surface area contributed by atoms with Crippen LogP contribution in [0.2, 0.25) is 0 Å². The lowest BCUT2D eigenvalue weighted by atomic mass is 10.1. The van der Waals surface area contributed by atoms with Crippen LogP contribution in [-0.2, 0) is 4.79 Å². The molecule has 0 saturated carbocycles. The molecule has 0 aromatic heterocycles. The molecule has 0 bridgehead atoms.